The number of rotatable bonds is 6. The molecule has 1 heterocycles. The van der Waals surface area contributed by atoms with Crippen molar-refractivity contribution in [2.75, 3.05) is 28.4 Å². The molecule has 0 saturated heterocycles. The van der Waals surface area contributed by atoms with E-state index in [1.807, 2.05) is 24.3 Å². The van der Waals surface area contributed by atoms with Crippen LogP contribution in [0.5, 0.6) is 23.0 Å². The third-order valence-corrected chi connectivity index (χ3v) is 5.46. The van der Waals surface area contributed by atoms with E-state index in [-0.39, 0.29) is 0 Å². The minimum Gasteiger partial charge on any atom is -0.493 e. The first-order chi connectivity index (χ1) is 13.0. The highest BCUT2D eigenvalue weighted by molar-refractivity contribution is 9.11. The van der Waals surface area contributed by atoms with Crippen LogP contribution in [0.1, 0.15) is 0 Å². The number of H-pyrrole nitrogens is 1. The Morgan fingerprint density at radius 1 is 0.667 bits per heavy atom. The van der Waals surface area contributed by atoms with Gasteiger partial charge in [-0.3, -0.25) is 5.10 Å². The second kappa shape index (κ2) is 8.22. The quantitative estimate of drug-likeness (QED) is 0.500. The molecule has 27 heavy (non-hydrogen) atoms. The van der Waals surface area contributed by atoms with E-state index in [2.05, 4.69) is 42.1 Å². The van der Waals surface area contributed by atoms with Gasteiger partial charge in [0.1, 0.15) is 0 Å². The number of hydrogen-bond acceptors (Lipinski definition) is 5. The molecule has 0 aliphatic rings. The zero-order valence-corrected chi connectivity index (χ0v) is 18.4. The predicted octanol–water partition coefficient (Wildman–Crippen LogP) is 5.30. The van der Waals surface area contributed by atoms with Gasteiger partial charge in [-0.1, -0.05) is 15.9 Å². The third-order valence-electron chi connectivity index (χ3n) is 4.15. The molecule has 0 radical (unpaired) electrons. The highest BCUT2D eigenvalue weighted by atomic mass is 79.9. The van der Waals surface area contributed by atoms with Gasteiger partial charge < -0.3 is 18.9 Å². The van der Waals surface area contributed by atoms with Crippen molar-refractivity contribution in [1.29, 1.82) is 0 Å². The molecular weight excluding hydrogens is 480 g/mol. The third kappa shape index (κ3) is 3.64. The molecule has 142 valence electrons. The lowest BCUT2D eigenvalue weighted by molar-refractivity contribution is 0.355. The Morgan fingerprint density at radius 2 is 1.11 bits per heavy atom. The Balaban J connectivity index is 2.19. The van der Waals surface area contributed by atoms with Gasteiger partial charge in [0.25, 0.3) is 0 Å². The number of halogens is 2. The second-order valence-electron chi connectivity index (χ2n) is 5.53. The number of nitrogens with one attached hydrogen (secondary N) is 1. The number of methoxy groups -OCH3 is 4. The van der Waals surface area contributed by atoms with Crippen molar-refractivity contribution in [1.82, 2.24) is 10.2 Å². The number of hydrogen-bond donors (Lipinski definition) is 1. The lowest BCUT2D eigenvalue weighted by Crippen LogP contribution is -1.94. The van der Waals surface area contributed by atoms with Crippen LogP contribution >= 0.6 is 31.9 Å². The van der Waals surface area contributed by atoms with Gasteiger partial charge in [-0.25, -0.2) is 0 Å². The second-order valence-corrected chi connectivity index (χ2v) is 7.24. The summed E-state index contributed by atoms with van der Waals surface area (Å²) in [5, 5.41) is 7.32. The van der Waals surface area contributed by atoms with Gasteiger partial charge in [-0.2, -0.15) is 5.10 Å². The predicted molar refractivity (Wildman–Crippen MR) is 111 cm³/mol. The Bertz CT molecular complexity index is 897. The molecule has 0 bridgehead atoms. The summed E-state index contributed by atoms with van der Waals surface area (Å²) in [7, 11) is 6.42. The first-order valence-corrected chi connectivity index (χ1v) is 9.49. The lowest BCUT2D eigenvalue weighted by Gasteiger charge is -2.14. The Kier molecular flexibility index (Phi) is 5.96. The van der Waals surface area contributed by atoms with Crippen LogP contribution in [-0.4, -0.2) is 38.6 Å². The number of ether oxygens (including phenoxy) is 4. The zero-order valence-electron chi connectivity index (χ0n) is 15.2. The molecular formula is C19H18Br2N2O4. The largest absolute Gasteiger partial charge is 0.493 e. The molecule has 0 saturated carbocycles. The molecule has 1 N–H and O–H groups in total. The van der Waals surface area contributed by atoms with Crippen molar-refractivity contribution < 1.29 is 18.9 Å². The molecule has 0 amide bonds. The molecule has 0 spiro atoms. The van der Waals surface area contributed by atoms with Gasteiger partial charge >= 0.3 is 0 Å². The summed E-state index contributed by atoms with van der Waals surface area (Å²) in [5.41, 5.74) is 3.53. The van der Waals surface area contributed by atoms with Crippen LogP contribution in [0.4, 0.5) is 0 Å². The smallest absolute Gasteiger partial charge is 0.161 e. The summed E-state index contributed by atoms with van der Waals surface area (Å²) in [4.78, 5) is 0. The van der Waals surface area contributed by atoms with Crippen LogP contribution in [0.15, 0.2) is 39.4 Å². The van der Waals surface area contributed by atoms with E-state index in [4.69, 9.17) is 18.9 Å². The normalized spacial score (nSPS) is 10.6. The molecule has 0 unspecified atom stereocenters. The van der Waals surface area contributed by atoms with Crippen LogP contribution in [0.25, 0.3) is 22.4 Å². The molecule has 2 aromatic carbocycles. The van der Waals surface area contributed by atoms with Gasteiger partial charge in [0, 0.05) is 25.6 Å². The fourth-order valence-corrected chi connectivity index (χ4v) is 3.86. The van der Waals surface area contributed by atoms with Gasteiger partial charge in [-0.05, 0) is 40.2 Å². The summed E-state index contributed by atoms with van der Waals surface area (Å²) in [6, 6.07) is 7.54. The molecule has 3 rings (SSSR count). The molecule has 0 aliphatic carbocycles. The molecule has 0 aliphatic heterocycles. The van der Waals surface area contributed by atoms with Gasteiger partial charge in [0.15, 0.2) is 23.0 Å². The standard InChI is InChI=1S/C19H18Br2N2O4/c1-24-15-5-10(13(20)7-17(15)26-3)12-9-22-23-19(12)11-6-16(25-2)18(27-4)8-14(11)21/h5-9H,1-4H3,(H,22,23). The van der Waals surface area contributed by atoms with Crippen molar-refractivity contribution in [2.45, 2.75) is 0 Å². The minimum absolute atomic E-state index is 0.627. The van der Waals surface area contributed by atoms with E-state index in [0.717, 1.165) is 31.3 Å². The maximum absolute atomic E-state index is 5.44. The topological polar surface area (TPSA) is 65.6 Å². The van der Waals surface area contributed by atoms with Crippen molar-refractivity contribution in [3.63, 3.8) is 0 Å². The van der Waals surface area contributed by atoms with Crippen LogP contribution in [0.3, 0.4) is 0 Å². The van der Waals surface area contributed by atoms with E-state index in [9.17, 15) is 0 Å². The number of aromatic amines is 1. The summed E-state index contributed by atoms with van der Waals surface area (Å²) in [6.07, 6.45) is 1.77. The van der Waals surface area contributed by atoms with Crippen LogP contribution in [0, 0.1) is 0 Å². The van der Waals surface area contributed by atoms with E-state index in [0.29, 0.717) is 23.0 Å². The van der Waals surface area contributed by atoms with E-state index in [1.165, 1.54) is 0 Å². The highest BCUT2D eigenvalue weighted by Gasteiger charge is 2.19. The Labute approximate surface area is 174 Å². The average molecular weight is 498 g/mol. The molecule has 6 nitrogen and oxygen atoms in total. The van der Waals surface area contributed by atoms with Crippen LogP contribution in [0.2, 0.25) is 0 Å². The van der Waals surface area contributed by atoms with E-state index in [1.54, 1.807) is 34.6 Å². The monoisotopic (exact) mass is 496 g/mol. The number of benzene rings is 2. The van der Waals surface area contributed by atoms with Crippen molar-refractivity contribution in [3.8, 4) is 45.4 Å². The van der Waals surface area contributed by atoms with Gasteiger partial charge in [-0.15, -0.1) is 0 Å². The van der Waals surface area contributed by atoms with Gasteiger partial charge in [0.05, 0.1) is 40.3 Å². The maximum Gasteiger partial charge on any atom is 0.161 e. The summed E-state index contributed by atoms with van der Waals surface area (Å²) in [5.74, 6) is 2.55. The van der Waals surface area contributed by atoms with Gasteiger partial charge in [0.2, 0.25) is 0 Å². The molecule has 0 fully saturated rings. The maximum atomic E-state index is 5.44. The minimum atomic E-state index is 0.627. The van der Waals surface area contributed by atoms with E-state index >= 15 is 0 Å². The van der Waals surface area contributed by atoms with E-state index < -0.39 is 0 Å². The fraction of sp³-hybridized carbons (Fsp3) is 0.211. The first-order valence-electron chi connectivity index (χ1n) is 7.91. The molecule has 0 atom stereocenters. The number of aromatic nitrogens is 2. The molecule has 1 aromatic heterocycles. The first kappa shape index (κ1) is 19.6. The molecule has 8 heteroatoms. The number of nitrogens with zero attached hydrogens (tertiary/aromatic N) is 1. The van der Waals surface area contributed by atoms with Crippen LogP contribution in [-0.2, 0) is 0 Å². The molecule has 3 aromatic rings. The van der Waals surface area contributed by atoms with Crippen molar-refractivity contribution in [3.05, 3.63) is 39.4 Å². The fourth-order valence-electron chi connectivity index (χ4n) is 2.80. The SMILES string of the molecule is COc1cc(Br)c(-c2cn[nH]c2-c2cc(OC)c(OC)cc2Br)cc1OC. The zero-order chi connectivity index (χ0) is 19.6. The lowest BCUT2D eigenvalue weighted by atomic mass is 10.0. The Morgan fingerprint density at radius 3 is 1.63 bits per heavy atom. The van der Waals surface area contributed by atoms with Crippen molar-refractivity contribution >= 4 is 31.9 Å². The van der Waals surface area contributed by atoms with Crippen LogP contribution < -0.4 is 18.9 Å². The average Bonchev–Trinajstić information content (AvgIpc) is 3.16. The summed E-state index contributed by atoms with van der Waals surface area (Å²) in [6.45, 7) is 0. The summed E-state index contributed by atoms with van der Waals surface area (Å²) < 4.78 is 23.3. The highest BCUT2D eigenvalue weighted by Crippen LogP contribution is 2.44. The van der Waals surface area contributed by atoms with Crippen molar-refractivity contribution in [2.24, 2.45) is 0 Å². The Hall–Kier alpha value is -2.19. The summed E-state index contributed by atoms with van der Waals surface area (Å²) >= 11 is 7.22.